The molecular weight excluding hydrogens is 291 g/mol. The number of thiazole rings is 1. The Morgan fingerprint density at radius 3 is 3.00 bits per heavy atom. The second kappa shape index (κ2) is 6.43. The summed E-state index contributed by atoms with van der Waals surface area (Å²) in [4.78, 5) is 16.2. The van der Waals surface area contributed by atoms with E-state index in [2.05, 4.69) is 10.3 Å². The van der Waals surface area contributed by atoms with Crippen LogP contribution in [-0.4, -0.2) is 17.4 Å². The Labute approximate surface area is 125 Å². The summed E-state index contributed by atoms with van der Waals surface area (Å²) in [7, 11) is 0. The Bertz CT molecular complexity index is 720. The van der Waals surface area contributed by atoms with Gasteiger partial charge >= 0.3 is 0 Å². The lowest BCUT2D eigenvalue weighted by Crippen LogP contribution is -2.14. The highest BCUT2D eigenvalue weighted by Crippen LogP contribution is 2.21. The molecule has 1 aromatic heterocycles. The smallest absolute Gasteiger partial charge is 0.275 e. The first-order valence-electron chi connectivity index (χ1n) is 6.21. The molecule has 0 saturated heterocycles. The zero-order valence-electron chi connectivity index (χ0n) is 11.3. The van der Waals surface area contributed by atoms with Crippen LogP contribution in [0.25, 0.3) is 0 Å². The molecule has 1 heterocycles. The van der Waals surface area contributed by atoms with Crippen molar-refractivity contribution in [2.75, 3.05) is 11.9 Å². The van der Waals surface area contributed by atoms with E-state index in [-0.39, 0.29) is 22.5 Å². The Hall–Kier alpha value is -2.30. The summed E-state index contributed by atoms with van der Waals surface area (Å²) >= 11 is 1.35. The molecule has 5 nitrogen and oxygen atoms in total. The van der Waals surface area contributed by atoms with Crippen LogP contribution in [0.5, 0.6) is 0 Å². The average Bonchev–Trinajstić information content (AvgIpc) is 2.92. The molecule has 0 saturated carbocycles. The molecule has 0 aliphatic rings. The summed E-state index contributed by atoms with van der Waals surface area (Å²) in [5.41, 5.74) is 6.38. The fraction of sp³-hybridized carbons (Fsp3) is 0.214. The Balaban J connectivity index is 2.23. The highest BCUT2D eigenvalue weighted by molar-refractivity contribution is 7.09. The summed E-state index contributed by atoms with van der Waals surface area (Å²) in [5, 5.41) is 13.8. The van der Waals surface area contributed by atoms with Gasteiger partial charge in [0, 0.05) is 23.1 Å². The van der Waals surface area contributed by atoms with Gasteiger partial charge in [-0.05, 0) is 25.6 Å². The second-order valence-corrected chi connectivity index (χ2v) is 5.30. The van der Waals surface area contributed by atoms with E-state index in [1.807, 2.05) is 6.07 Å². The number of nitrogens with zero attached hydrogens (tertiary/aromatic N) is 2. The van der Waals surface area contributed by atoms with Gasteiger partial charge in [-0.1, -0.05) is 0 Å². The van der Waals surface area contributed by atoms with Crippen LogP contribution in [0, 0.1) is 24.1 Å². The van der Waals surface area contributed by atoms with Crippen LogP contribution in [0.4, 0.5) is 10.1 Å². The van der Waals surface area contributed by atoms with Crippen LogP contribution in [-0.2, 0) is 6.42 Å². The zero-order chi connectivity index (χ0) is 15.4. The molecule has 108 valence electrons. The summed E-state index contributed by atoms with van der Waals surface area (Å²) in [6, 6.07) is 4.42. The Kier molecular flexibility index (Phi) is 4.62. The molecular formula is C14H13FN4OS. The van der Waals surface area contributed by atoms with Gasteiger partial charge in [-0.2, -0.15) is 5.26 Å². The van der Waals surface area contributed by atoms with Crippen molar-refractivity contribution in [2.45, 2.75) is 13.3 Å². The number of amides is 1. The molecule has 0 aliphatic heterocycles. The lowest BCUT2D eigenvalue weighted by atomic mass is 10.1. The van der Waals surface area contributed by atoms with Gasteiger partial charge in [0.1, 0.15) is 11.5 Å². The van der Waals surface area contributed by atoms with Gasteiger partial charge in [0.25, 0.3) is 5.91 Å². The standard InChI is InChI=1S/C14H13FN4OS/c1-8-10(15)4-9(6-17)5-11(8)19-14(20)12-7-21-13(18-12)2-3-16/h4-5,7H,2-3,16H2,1H3,(H,19,20). The maximum atomic E-state index is 13.7. The zero-order valence-corrected chi connectivity index (χ0v) is 12.1. The molecule has 0 unspecified atom stereocenters. The van der Waals surface area contributed by atoms with Gasteiger partial charge in [0.15, 0.2) is 0 Å². The molecule has 0 aliphatic carbocycles. The van der Waals surface area contributed by atoms with Crippen LogP contribution in [0.2, 0.25) is 0 Å². The largest absolute Gasteiger partial charge is 0.330 e. The van der Waals surface area contributed by atoms with Crippen molar-refractivity contribution >= 4 is 22.9 Å². The first kappa shape index (κ1) is 15.1. The Morgan fingerprint density at radius 2 is 2.33 bits per heavy atom. The number of benzene rings is 1. The minimum atomic E-state index is -0.536. The molecule has 1 amide bonds. The van der Waals surface area contributed by atoms with Gasteiger partial charge in [-0.25, -0.2) is 9.37 Å². The minimum Gasteiger partial charge on any atom is -0.330 e. The van der Waals surface area contributed by atoms with Crippen molar-refractivity contribution < 1.29 is 9.18 Å². The van der Waals surface area contributed by atoms with Crippen molar-refractivity contribution in [1.29, 1.82) is 5.26 Å². The summed E-state index contributed by atoms with van der Waals surface area (Å²) < 4.78 is 13.7. The van der Waals surface area contributed by atoms with Crippen molar-refractivity contribution in [1.82, 2.24) is 4.98 Å². The number of nitrogens with one attached hydrogen (secondary N) is 1. The quantitative estimate of drug-likeness (QED) is 0.906. The number of hydrogen-bond acceptors (Lipinski definition) is 5. The number of carbonyl (C=O) groups is 1. The number of aromatic nitrogens is 1. The molecule has 1 aromatic carbocycles. The van der Waals surface area contributed by atoms with E-state index in [0.717, 1.165) is 11.1 Å². The lowest BCUT2D eigenvalue weighted by molar-refractivity contribution is 0.102. The summed E-state index contributed by atoms with van der Waals surface area (Å²) in [6.45, 7) is 2.00. The van der Waals surface area contributed by atoms with E-state index in [1.165, 1.54) is 24.3 Å². The Morgan fingerprint density at radius 1 is 1.57 bits per heavy atom. The highest BCUT2D eigenvalue weighted by atomic mass is 32.1. The van der Waals surface area contributed by atoms with Crippen molar-refractivity contribution in [3.05, 3.63) is 45.2 Å². The van der Waals surface area contributed by atoms with E-state index >= 15 is 0 Å². The molecule has 2 rings (SSSR count). The fourth-order valence-corrected chi connectivity index (χ4v) is 2.51. The number of nitriles is 1. The van der Waals surface area contributed by atoms with Gasteiger partial charge in [-0.3, -0.25) is 4.79 Å². The van der Waals surface area contributed by atoms with E-state index < -0.39 is 11.7 Å². The maximum Gasteiger partial charge on any atom is 0.275 e. The monoisotopic (exact) mass is 304 g/mol. The lowest BCUT2D eigenvalue weighted by Gasteiger charge is -2.08. The predicted octanol–water partition coefficient (Wildman–Crippen LogP) is 2.22. The van der Waals surface area contributed by atoms with Gasteiger partial charge in [-0.15, -0.1) is 11.3 Å². The molecule has 21 heavy (non-hydrogen) atoms. The van der Waals surface area contributed by atoms with Crippen LogP contribution >= 0.6 is 11.3 Å². The normalized spacial score (nSPS) is 10.2. The predicted molar refractivity (Wildman–Crippen MR) is 78.7 cm³/mol. The number of carbonyl (C=O) groups excluding carboxylic acids is 1. The molecule has 0 bridgehead atoms. The van der Waals surface area contributed by atoms with E-state index in [9.17, 15) is 9.18 Å². The third-order valence-electron chi connectivity index (χ3n) is 2.86. The SMILES string of the molecule is Cc1c(F)cc(C#N)cc1NC(=O)c1csc(CCN)n1. The molecule has 7 heteroatoms. The molecule has 2 aromatic rings. The van der Waals surface area contributed by atoms with Gasteiger partial charge < -0.3 is 11.1 Å². The second-order valence-electron chi connectivity index (χ2n) is 4.36. The highest BCUT2D eigenvalue weighted by Gasteiger charge is 2.14. The van der Waals surface area contributed by atoms with E-state index in [1.54, 1.807) is 5.38 Å². The van der Waals surface area contributed by atoms with Crippen LogP contribution < -0.4 is 11.1 Å². The number of halogens is 1. The van der Waals surface area contributed by atoms with Crippen LogP contribution in [0.3, 0.4) is 0 Å². The van der Waals surface area contributed by atoms with E-state index in [0.29, 0.717) is 13.0 Å². The topological polar surface area (TPSA) is 91.8 Å². The van der Waals surface area contributed by atoms with Crippen molar-refractivity contribution in [3.8, 4) is 6.07 Å². The van der Waals surface area contributed by atoms with Crippen molar-refractivity contribution in [3.63, 3.8) is 0 Å². The molecule has 0 spiro atoms. The number of anilines is 1. The fourth-order valence-electron chi connectivity index (χ4n) is 1.71. The maximum absolute atomic E-state index is 13.7. The number of rotatable bonds is 4. The first-order valence-corrected chi connectivity index (χ1v) is 7.09. The third-order valence-corrected chi connectivity index (χ3v) is 3.77. The van der Waals surface area contributed by atoms with Gasteiger partial charge in [0.2, 0.25) is 0 Å². The molecule has 0 fully saturated rings. The van der Waals surface area contributed by atoms with Crippen LogP contribution in [0.1, 0.15) is 26.6 Å². The number of nitrogens with two attached hydrogens (primary N) is 1. The summed E-state index contributed by atoms with van der Waals surface area (Å²) in [6.07, 6.45) is 0.607. The molecule has 3 N–H and O–H groups in total. The van der Waals surface area contributed by atoms with Crippen molar-refractivity contribution in [2.24, 2.45) is 5.73 Å². The third kappa shape index (κ3) is 3.42. The van der Waals surface area contributed by atoms with E-state index in [4.69, 9.17) is 11.0 Å². The van der Waals surface area contributed by atoms with Gasteiger partial charge in [0.05, 0.1) is 16.6 Å². The average molecular weight is 304 g/mol. The van der Waals surface area contributed by atoms with Crippen LogP contribution in [0.15, 0.2) is 17.5 Å². The number of hydrogen-bond donors (Lipinski definition) is 2. The minimum absolute atomic E-state index is 0.149. The summed E-state index contributed by atoms with van der Waals surface area (Å²) in [5.74, 6) is -0.974. The first-order chi connectivity index (χ1) is 10.0. The molecule has 0 atom stereocenters. The molecule has 0 radical (unpaired) electrons.